The maximum atomic E-state index is 13.1. The summed E-state index contributed by atoms with van der Waals surface area (Å²) >= 11 is 12.5. The van der Waals surface area contributed by atoms with Crippen LogP contribution in [-0.2, 0) is 16.6 Å². The van der Waals surface area contributed by atoms with E-state index in [2.05, 4.69) is 10.4 Å². The molecule has 1 amide bonds. The minimum Gasteiger partial charge on any atom is -0.345 e. The molecule has 1 N–H and O–H groups in total. The maximum Gasteiger partial charge on any atom is 0.253 e. The van der Waals surface area contributed by atoms with Crippen LogP contribution in [0.15, 0.2) is 23.2 Å². The van der Waals surface area contributed by atoms with E-state index in [0.29, 0.717) is 13.1 Å². The van der Waals surface area contributed by atoms with E-state index in [9.17, 15) is 13.2 Å². The van der Waals surface area contributed by atoms with Gasteiger partial charge in [0, 0.05) is 30.9 Å². The summed E-state index contributed by atoms with van der Waals surface area (Å²) in [5, 5.41) is 7.29. The van der Waals surface area contributed by atoms with Crippen LogP contribution in [0.5, 0.6) is 0 Å². The van der Waals surface area contributed by atoms with Crippen LogP contribution in [0.1, 0.15) is 60.8 Å². The molecule has 1 atom stereocenters. The zero-order valence-electron chi connectivity index (χ0n) is 17.3. The third-order valence-corrected chi connectivity index (χ3v) is 8.13. The van der Waals surface area contributed by atoms with E-state index in [1.165, 1.54) is 16.4 Å². The van der Waals surface area contributed by atoms with Gasteiger partial charge in [-0.25, -0.2) is 8.42 Å². The third kappa shape index (κ3) is 4.51. The van der Waals surface area contributed by atoms with Crippen LogP contribution in [0.3, 0.4) is 0 Å². The highest BCUT2D eigenvalue weighted by Gasteiger charge is 2.30. The number of carbonyl (C=O) groups excluding carboxylic acids is 1. The third-order valence-electron chi connectivity index (χ3n) is 5.45. The van der Waals surface area contributed by atoms with E-state index in [1.807, 2.05) is 25.5 Å². The number of rotatable bonds is 6. The number of aromatic nitrogens is 2. The number of piperidine rings is 1. The van der Waals surface area contributed by atoms with Gasteiger partial charge in [-0.3, -0.25) is 9.48 Å². The number of aryl methyl sites for hydroxylation is 1. The molecule has 0 saturated carbocycles. The number of benzene rings is 1. The lowest BCUT2D eigenvalue weighted by Crippen LogP contribution is -2.36. The van der Waals surface area contributed by atoms with Crippen molar-refractivity contribution >= 4 is 39.1 Å². The Labute approximate surface area is 187 Å². The van der Waals surface area contributed by atoms with E-state index < -0.39 is 15.9 Å². The van der Waals surface area contributed by atoms with Crippen LogP contribution in [0.25, 0.3) is 0 Å². The van der Waals surface area contributed by atoms with Crippen molar-refractivity contribution in [3.05, 3.63) is 45.2 Å². The molecule has 164 valence electrons. The van der Waals surface area contributed by atoms with Gasteiger partial charge < -0.3 is 5.32 Å². The van der Waals surface area contributed by atoms with Crippen LogP contribution in [-0.4, -0.2) is 41.5 Å². The molecule has 2 heterocycles. The SMILES string of the molecule is CCn1ncc(C(C)NC(=O)c2cc(S(=O)(=O)N3CCCCC3)c(Cl)cc2Cl)c1C. The van der Waals surface area contributed by atoms with Crippen LogP contribution < -0.4 is 5.32 Å². The first-order valence-corrected chi connectivity index (χ1v) is 12.2. The molecule has 30 heavy (non-hydrogen) atoms. The predicted octanol–water partition coefficient (Wildman–Crippen LogP) is 4.18. The molecular formula is C20H26Cl2N4O3S. The molecular weight excluding hydrogens is 447 g/mol. The van der Waals surface area contributed by atoms with E-state index in [0.717, 1.165) is 37.1 Å². The molecule has 7 nitrogen and oxygen atoms in total. The predicted molar refractivity (Wildman–Crippen MR) is 118 cm³/mol. The van der Waals surface area contributed by atoms with Crippen molar-refractivity contribution in [2.45, 2.75) is 57.5 Å². The Hall–Kier alpha value is -1.61. The summed E-state index contributed by atoms with van der Waals surface area (Å²) in [5.41, 5.74) is 1.92. The molecule has 1 saturated heterocycles. The van der Waals surface area contributed by atoms with Crippen molar-refractivity contribution in [1.82, 2.24) is 19.4 Å². The van der Waals surface area contributed by atoms with Crippen LogP contribution >= 0.6 is 23.2 Å². The quantitative estimate of drug-likeness (QED) is 0.682. The number of carbonyl (C=O) groups is 1. The number of halogens is 2. The first kappa shape index (κ1) is 23.1. The Balaban J connectivity index is 1.89. The monoisotopic (exact) mass is 472 g/mol. The fraction of sp³-hybridized carbons (Fsp3) is 0.500. The van der Waals surface area contributed by atoms with Crippen LogP contribution in [0, 0.1) is 6.92 Å². The lowest BCUT2D eigenvalue weighted by atomic mass is 10.1. The van der Waals surface area contributed by atoms with Gasteiger partial charge in [0.05, 0.1) is 27.8 Å². The van der Waals surface area contributed by atoms with Gasteiger partial charge in [-0.05, 0) is 45.7 Å². The minimum absolute atomic E-state index is 0.00948. The average molecular weight is 473 g/mol. The van der Waals surface area contributed by atoms with Gasteiger partial charge in [0.25, 0.3) is 5.91 Å². The molecule has 1 aromatic heterocycles. The fourth-order valence-corrected chi connectivity index (χ4v) is 6.05. The molecule has 1 aliphatic heterocycles. The largest absolute Gasteiger partial charge is 0.345 e. The molecule has 0 radical (unpaired) electrons. The summed E-state index contributed by atoms with van der Waals surface area (Å²) in [6.45, 7) is 7.39. The van der Waals surface area contributed by atoms with Crippen molar-refractivity contribution in [3.8, 4) is 0 Å². The van der Waals surface area contributed by atoms with Crippen molar-refractivity contribution in [2.75, 3.05) is 13.1 Å². The van der Waals surface area contributed by atoms with Crippen molar-refractivity contribution in [2.24, 2.45) is 0 Å². The summed E-state index contributed by atoms with van der Waals surface area (Å²) in [6.07, 6.45) is 4.33. The van der Waals surface area contributed by atoms with Gasteiger partial charge in [-0.1, -0.05) is 29.6 Å². The Morgan fingerprint density at radius 2 is 1.87 bits per heavy atom. The second kappa shape index (κ2) is 9.26. The van der Waals surface area contributed by atoms with E-state index >= 15 is 0 Å². The number of sulfonamides is 1. The molecule has 10 heteroatoms. The maximum absolute atomic E-state index is 13.1. The zero-order valence-corrected chi connectivity index (χ0v) is 19.6. The first-order chi connectivity index (χ1) is 14.2. The van der Waals surface area contributed by atoms with Gasteiger partial charge >= 0.3 is 0 Å². The number of hydrogen-bond acceptors (Lipinski definition) is 4. The van der Waals surface area contributed by atoms with E-state index in [4.69, 9.17) is 23.2 Å². The Morgan fingerprint density at radius 1 is 1.20 bits per heavy atom. The molecule has 1 aromatic carbocycles. The lowest BCUT2D eigenvalue weighted by Gasteiger charge is -2.26. The van der Waals surface area contributed by atoms with Gasteiger partial charge in [0.15, 0.2) is 0 Å². The summed E-state index contributed by atoms with van der Waals surface area (Å²) in [5.74, 6) is -0.470. The number of nitrogens with one attached hydrogen (secondary N) is 1. The summed E-state index contributed by atoms with van der Waals surface area (Å²) in [7, 11) is -3.80. The topological polar surface area (TPSA) is 84.3 Å². The Kier molecular flexibility index (Phi) is 7.12. The summed E-state index contributed by atoms with van der Waals surface area (Å²) < 4.78 is 29.4. The minimum atomic E-state index is -3.80. The molecule has 1 unspecified atom stereocenters. The number of nitrogens with zero attached hydrogens (tertiary/aromatic N) is 3. The standard InChI is InChI=1S/C20H26Cl2N4O3S/c1-4-26-14(3)16(12-23-26)13(2)24-20(27)15-10-19(18(22)11-17(15)21)30(28,29)25-8-6-5-7-9-25/h10-13H,4-9H2,1-3H3,(H,24,27). The van der Waals surface area contributed by atoms with E-state index in [1.54, 1.807) is 6.20 Å². The highest BCUT2D eigenvalue weighted by molar-refractivity contribution is 7.89. The highest BCUT2D eigenvalue weighted by Crippen LogP contribution is 2.32. The molecule has 1 aliphatic rings. The Bertz CT molecular complexity index is 1050. The molecule has 3 rings (SSSR count). The molecule has 2 aromatic rings. The zero-order chi connectivity index (χ0) is 22.1. The lowest BCUT2D eigenvalue weighted by molar-refractivity contribution is 0.0939. The first-order valence-electron chi connectivity index (χ1n) is 9.99. The fourth-order valence-electron chi connectivity index (χ4n) is 3.70. The van der Waals surface area contributed by atoms with Crippen molar-refractivity contribution < 1.29 is 13.2 Å². The molecule has 0 aliphatic carbocycles. The van der Waals surface area contributed by atoms with Crippen molar-refractivity contribution in [3.63, 3.8) is 0 Å². The van der Waals surface area contributed by atoms with Crippen LogP contribution in [0.4, 0.5) is 0 Å². The number of amides is 1. The summed E-state index contributed by atoms with van der Waals surface area (Å²) in [6, 6.07) is 2.27. The van der Waals surface area contributed by atoms with Crippen LogP contribution in [0.2, 0.25) is 10.0 Å². The molecule has 0 spiro atoms. The van der Waals surface area contributed by atoms with Gasteiger partial charge in [-0.15, -0.1) is 0 Å². The number of hydrogen-bond donors (Lipinski definition) is 1. The smallest absolute Gasteiger partial charge is 0.253 e. The normalized spacial score (nSPS) is 16.4. The molecule has 1 fully saturated rings. The second-order valence-electron chi connectivity index (χ2n) is 7.42. The van der Waals surface area contributed by atoms with Gasteiger partial charge in [0.2, 0.25) is 10.0 Å². The second-order valence-corrected chi connectivity index (χ2v) is 10.1. The van der Waals surface area contributed by atoms with Gasteiger partial charge in [0.1, 0.15) is 4.90 Å². The molecule has 0 bridgehead atoms. The van der Waals surface area contributed by atoms with Gasteiger partial charge in [-0.2, -0.15) is 9.40 Å². The summed E-state index contributed by atoms with van der Waals surface area (Å²) in [4.78, 5) is 12.8. The highest BCUT2D eigenvalue weighted by atomic mass is 35.5. The van der Waals surface area contributed by atoms with E-state index in [-0.39, 0.29) is 26.5 Å². The van der Waals surface area contributed by atoms with Crippen molar-refractivity contribution in [1.29, 1.82) is 0 Å². The Morgan fingerprint density at radius 3 is 2.47 bits per heavy atom. The average Bonchev–Trinajstić information content (AvgIpc) is 3.08.